The summed E-state index contributed by atoms with van der Waals surface area (Å²) in [6.45, 7) is 7.74. The molecule has 1 saturated carbocycles. The molecule has 1 fully saturated rings. The Bertz CT molecular complexity index is 389. The molecule has 1 unspecified atom stereocenters. The third kappa shape index (κ3) is 3.82. The van der Waals surface area contributed by atoms with Crippen LogP contribution in [0.2, 0.25) is 0 Å². The molecule has 3 heteroatoms. The van der Waals surface area contributed by atoms with Crippen LogP contribution in [-0.4, -0.2) is 15.8 Å². The van der Waals surface area contributed by atoms with Crippen molar-refractivity contribution in [3.05, 3.63) is 17.5 Å². The first-order valence-electron chi connectivity index (χ1n) is 7.83. The molecule has 1 aromatic rings. The average Bonchev–Trinajstić information content (AvgIpc) is 2.78. The van der Waals surface area contributed by atoms with Gasteiger partial charge in [-0.3, -0.25) is 4.68 Å². The topological polar surface area (TPSA) is 29.9 Å². The average molecular weight is 263 g/mol. The Kier molecular flexibility index (Phi) is 5.03. The van der Waals surface area contributed by atoms with E-state index in [1.807, 2.05) is 11.7 Å². The van der Waals surface area contributed by atoms with Gasteiger partial charge in [-0.05, 0) is 31.6 Å². The lowest BCUT2D eigenvalue weighted by Gasteiger charge is -2.28. The number of hydrogen-bond donors (Lipinski definition) is 1. The van der Waals surface area contributed by atoms with Gasteiger partial charge in [0.25, 0.3) is 0 Å². The standard InChI is InChI=1S/C16H29N3/c1-12(2)16-15(11-19(4)18-16)10-17-13(3)14-8-6-5-7-9-14/h11-14,17H,5-10H2,1-4H3. The lowest BCUT2D eigenvalue weighted by atomic mass is 9.84. The summed E-state index contributed by atoms with van der Waals surface area (Å²) in [5.74, 6) is 1.37. The van der Waals surface area contributed by atoms with Gasteiger partial charge >= 0.3 is 0 Å². The van der Waals surface area contributed by atoms with Crippen LogP contribution in [0.5, 0.6) is 0 Å². The minimum atomic E-state index is 0.503. The summed E-state index contributed by atoms with van der Waals surface area (Å²) in [5, 5.41) is 8.30. The summed E-state index contributed by atoms with van der Waals surface area (Å²) in [5.41, 5.74) is 2.60. The van der Waals surface area contributed by atoms with E-state index in [-0.39, 0.29) is 0 Å². The molecule has 0 radical (unpaired) electrons. The molecule has 108 valence electrons. The Morgan fingerprint density at radius 3 is 2.58 bits per heavy atom. The van der Waals surface area contributed by atoms with E-state index in [1.54, 1.807) is 0 Å². The first-order chi connectivity index (χ1) is 9.08. The fraction of sp³-hybridized carbons (Fsp3) is 0.812. The second-order valence-corrected chi connectivity index (χ2v) is 6.44. The number of nitrogens with zero attached hydrogens (tertiary/aromatic N) is 2. The lowest BCUT2D eigenvalue weighted by Crippen LogP contribution is -2.34. The van der Waals surface area contributed by atoms with Gasteiger partial charge in [-0.25, -0.2) is 0 Å². The zero-order chi connectivity index (χ0) is 13.8. The summed E-state index contributed by atoms with van der Waals surface area (Å²) >= 11 is 0. The molecule has 0 saturated heterocycles. The van der Waals surface area contributed by atoms with Crippen molar-refractivity contribution >= 4 is 0 Å². The number of aromatic nitrogens is 2. The molecule has 1 aromatic heterocycles. The highest BCUT2D eigenvalue weighted by Gasteiger charge is 2.20. The first kappa shape index (κ1) is 14.6. The summed E-state index contributed by atoms with van der Waals surface area (Å²) in [6.07, 6.45) is 9.23. The second-order valence-electron chi connectivity index (χ2n) is 6.44. The van der Waals surface area contributed by atoms with Crippen LogP contribution in [0.4, 0.5) is 0 Å². The van der Waals surface area contributed by atoms with Crippen LogP contribution in [-0.2, 0) is 13.6 Å². The third-order valence-electron chi connectivity index (χ3n) is 4.46. The van der Waals surface area contributed by atoms with Crippen molar-refractivity contribution in [2.75, 3.05) is 0 Å². The molecule has 19 heavy (non-hydrogen) atoms. The third-order valence-corrected chi connectivity index (χ3v) is 4.46. The first-order valence-corrected chi connectivity index (χ1v) is 7.83. The summed E-state index contributed by atoms with van der Waals surface area (Å²) in [4.78, 5) is 0. The molecule has 0 amide bonds. The monoisotopic (exact) mass is 263 g/mol. The molecule has 0 aromatic carbocycles. The predicted octanol–water partition coefficient (Wildman–Crippen LogP) is 3.60. The Morgan fingerprint density at radius 1 is 1.26 bits per heavy atom. The predicted molar refractivity (Wildman–Crippen MR) is 80.2 cm³/mol. The van der Waals surface area contributed by atoms with Gasteiger partial charge in [0.1, 0.15) is 0 Å². The molecule has 0 bridgehead atoms. The number of rotatable bonds is 5. The molecule has 1 aliphatic rings. The number of hydrogen-bond acceptors (Lipinski definition) is 2. The molecule has 1 aliphatic carbocycles. The summed E-state index contributed by atoms with van der Waals surface area (Å²) < 4.78 is 1.94. The van der Waals surface area contributed by atoms with Crippen molar-refractivity contribution in [2.45, 2.75) is 71.4 Å². The largest absolute Gasteiger partial charge is 0.310 e. The van der Waals surface area contributed by atoms with Crippen LogP contribution in [0.3, 0.4) is 0 Å². The quantitative estimate of drug-likeness (QED) is 0.879. The zero-order valence-corrected chi connectivity index (χ0v) is 12.9. The van der Waals surface area contributed by atoms with Gasteiger partial charge in [-0.2, -0.15) is 5.10 Å². The van der Waals surface area contributed by atoms with E-state index >= 15 is 0 Å². The van der Waals surface area contributed by atoms with Crippen LogP contribution in [0, 0.1) is 5.92 Å². The molecule has 0 aliphatic heterocycles. The maximum absolute atomic E-state index is 4.58. The van der Waals surface area contributed by atoms with Crippen molar-refractivity contribution in [3.8, 4) is 0 Å². The van der Waals surface area contributed by atoms with Crippen molar-refractivity contribution in [2.24, 2.45) is 13.0 Å². The fourth-order valence-corrected chi connectivity index (χ4v) is 3.25. The van der Waals surface area contributed by atoms with E-state index in [4.69, 9.17) is 0 Å². The SMILES string of the molecule is CC(C)c1nn(C)cc1CNC(C)C1CCCCC1. The van der Waals surface area contributed by atoms with Crippen molar-refractivity contribution in [1.82, 2.24) is 15.1 Å². The van der Waals surface area contributed by atoms with E-state index in [2.05, 4.69) is 37.4 Å². The Morgan fingerprint density at radius 2 is 1.95 bits per heavy atom. The normalized spacial score (nSPS) is 19.0. The van der Waals surface area contributed by atoms with Gasteiger partial charge in [-0.15, -0.1) is 0 Å². The van der Waals surface area contributed by atoms with Gasteiger partial charge in [0.15, 0.2) is 0 Å². The highest BCUT2D eigenvalue weighted by molar-refractivity contribution is 5.20. The highest BCUT2D eigenvalue weighted by Crippen LogP contribution is 2.26. The molecule has 0 spiro atoms. The Labute approximate surface area is 117 Å². The van der Waals surface area contributed by atoms with Gasteiger partial charge in [0.2, 0.25) is 0 Å². The lowest BCUT2D eigenvalue weighted by molar-refractivity contribution is 0.280. The van der Waals surface area contributed by atoms with Gasteiger partial charge in [0, 0.05) is 31.4 Å². The molecule has 3 nitrogen and oxygen atoms in total. The minimum absolute atomic E-state index is 0.503. The highest BCUT2D eigenvalue weighted by atomic mass is 15.3. The van der Waals surface area contributed by atoms with Crippen molar-refractivity contribution in [3.63, 3.8) is 0 Å². The number of aryl methyl sites for hydroxylation is 1. The minimum Gasteiger partial charge on any atom is -0.310 e. The smallest absolute Gasteiger partial charge is 0.0694 e. The van der Waals surface area contributed by atoms with Crippen LogP contribution >= 0.6 is 0 Å². The molecule has 1 N–H and O–H groups in total. The molecule has 1 heterocycles. The maximum Gasteiger partial charge on any atom is 0.0694 e. The molecular formula is C16H29N3. The van der Waals surface area contributed by atoms with E-state index in [1.165, 1.54) is 43.4 Å². The van der Waals surface area contributed by atoms with Gasteiger partial charge in [-0.1, -0.05) is 33.1 Å². The summed E-state index contributed by atoms with van der Waals surface area (Å²) in [7, 11) is 2.01. The maximum atomic E-state index is 4.58. The zero-order valence-electron chi connectivity index (χ0n) is 12.9. The Balaban J connectivity index is 1.90. The van der Waals surface area contributed by atoms with Crippen LogP contribution < -0.4 is 5.32 Å². The second kappa shape index (κ2) is 6.56. The fourth-order valence-electron chi connectivity index (χ4n) is 3.25. The van der Waals surface area contributed by atoms with Crippen LogP contribution in [0.15, 0.2) is 6.20 Å². The van der Waals surface area contributed by atoms with Gasteiger partial charge in [0.05, 0.1) is 5.69 Å². The van der Waals surface area contributed by atoms with Gasteiger partial charge < -0.3 is 5.32 Å². The molecule has 2 rings (SSSR count). The molecular weight excluding hydrogens is 234 g/mol. The Hall–Kier alpha value is -0.830. The number of nitrogens with one attached hydrogen (secondary N) is 1. The van der Waals surface area contributed by atoms with Crippen LogP contribution in [0.25, 0.3) is 0 Å². The van der Waals surface area contributed by atoms with E-state index in [0.717, 1.165) is 12.5 Å². The molecule has 1 atom stereocenters. The summed E-state index contributed by atoms with van der Waals surface area (Å²) in [6, 6.07) is 0.625. The van der Waals surface area contributed by atoms with Crippen molar-refractivity contribution in [1.29, 1.82) is 0 Å². The van der Waals surface area contributed by atoms with Crippen molar-refractivity contribution < 1.29 is 0 Å². The van der Waals surface area contributed by atoms with E-state index in [0.29, 0.717) is 12.0 Å². The van der Waals surface area contributed by atoms with E-state index in [9.17, 15) is 0 Å². The van der Waals surface area contributed by atoms with E-state index < -0.39 is 0 Å². The van der Waals surface area contributed by atoms with Crippen LogP contribution in [0.1, 0.15) is 70.1 Å².